The molecular formula is C18H14N4OS2. The number of H-pyrrole nitrogens is 1. The molecule has 4 aromatic heterocycles. The summed E-state index contributed by atoms with van der Waals surface area (Å²) >= 11 is 3.58. The standard InChI is InChI=1S/C18H14N4OS2/c1-11-19-17(23-22-11)16-12-6-7-18(10-13(12)20-21-16,14-4-2-8-24-14)15-5-3-9-25-15/h2-9H,10H2,1H3,(H,20,21). The fourth-order valence-electron chi connectivity index (χ4n) is 3.35. The Morgan fingerprint density at radius 1 is 1.16 bits per heavy atom. The van der Waals surface area contributed by atoms with Gasteiger partial charge in [0.05, 0.1) is 5.41 Å². The van der Waals surface area contributed by atoms with Gasteiger partial charge >= 0.3 is 0 Å². The topological polar surface area (TPSA) is 67.6 Å². The lowest BCUT2D eigenvalue weighted by Gasteiger charge is -2.31. The third kappa shape index (κ3) is 2.23. The zero-order valence-corrected chi connectivity index (χ0v) is 15.0. The van der Waals surface area contributed by atoms with Gasteiger partial charge in [-0.2, -0.15) is 10.1 Å². The number of aromatic nitrogens is 4. The number of rotatable bonds is 3. The van der Waals surface area contributed by atoms with E-state index in [0.717, 1.165) is 23.4 Å². The Hall–Kier alpha value is -2.51. The molecule has 0 spiro atoms. The van der Waals surface area contributed by atoms with E-state index >= 15 is 0 Å². The van der Waals surface area contributed by atoms with Crippen molar-refractivity contribution >= 4 is 28.7 Å². The number of hydrogen-bond acceptors (Lipinski definition) is 6. The first-order valence-electron chi connectivity index (χ1n) is 7.91. The summed E-state index contributed by atoms with van der Waals surface area (Å²) in [6.07, 6.45) is 5.26. The largest absolute Gasteiger partial charge is 0.332 e. The molecule has 1 aliphatic carbocycles. The van der Waals surface area contributed by atoms with Gasteiger partial charge in [0.25, 0.3) is 5.89 Å². The lowest BCUT2D eigenvalue weighted by molar-refractivity contribution is 0.424. The van der Waals surface area contributed by atoms with E-state index in [1.807, 2.05) is 0 Å². The lowest BCUT2D eigenvalue weighted by atomic mass is 9.76. The van der Waals surface area contributed by atoms with Crippen molar-refractivity contribution in [1.29, 1.82) is 0 Å². The fourth-order valence-corrected chi connectivity index (χ4v) is 5.25. The molecule has 124 valence electrons. The number of hydrogen-bond donors (Lipinski definition) is 1. The van der Waals surface area contributed by atoms with Crippen LogP contribution >= 0.6 is 22.7 Å². The molecule has 4 aromatic rings. The van der Waals surface area contributed by atoms with Gasteiger partial charge in [0.2, 0.25) is 0 Å². The monoisotopic (exact) mass is 366 g/mol. The van der Waals surface area contributed by atoms with E-state index in [1.54, 1.807) is 29.6 Å². The molecule has 0 unspecified atom stereocenters. The van der Waals surface area contributed by atoms with E-state index in [9.17, 15) is 0 Å². The Bertz CT molecular complexity index is 1010. The lowest BCUT2D eigenvalue weighted by Crippen LogP contribution is -2.28. The molecule has 4 heterocycles. The summed E-state index contributed by atoms with van der Waals surface area (Å²) in [7, 11) is 0. The highest BCUT2D eigenvalue weighted by molar-refractivity contribution is 7.11. The Kier molecular flexibility index (Phi) is 3.26. The number of aromatic amines is 1. The number of nitrogens with one attached hydrogen (secondary N) is 1. The molecule has 7 heteroatoms. The summed E-state index contributed by atoms with van der Waals surface area (Å²) in [5, 5.41) is 15.8. The Balaban J connectivity index is 1.64. The van der Waals surface area contributed by atoms with Crippen molar-refractivity contribution in [3.05, 3.63) is 67.9 Å². The quantitative estimate of drug-likeness (QED) is 0.582. The minimum Gasteiger partial charge on any atom is -0.332 e. The maximum absolute atomic E-state index is 5.30. The van der Waals surface area contributed by atoms with Crippen molar-refractivity contribution in [2.45, 2.75) is 18.8 Å². The van der Waals surface area contributed by atoms with Crippen molar-refractivity contribution in [3.8, 4) is 11.6 Å². The average molecular weight is 366 g/mol. The molecule has 0 aromatic carbocycles. The highest BCUT2D eigenvalue weighted by Gasteiger charge is 2.38. The van der Waals surface area contributed by atoms with Crippen LogP contribution in [0.4, 0.5) is 0 Å². The van der Waals surface area contributed by atoms with Crippen molar-refractivity contribution in [2.24, 2.45) is 0 Å². The van der Waals surface area contributed by atoms with E-state index in [0.29, 0.717) is 11.7 Å². The summed E-state index contributed by atoms with van der Waals surface area (Å²) in [6, 6.07) is 8.63. The number of allylic oxidation sites excluding steroid dienone is 1. The maximum atomic E-state index is 5.30. The molecule has 1 N–H and O–H groups in total. The van der Waals surface area contributed by atoms with Gasteiger partial charge in [0.15, 0.2) is 11.5 Å². The van der Waals surface area contributed by atoms with Gasteiger partial charge in [0.1, 0.15) is 0 Å². The van der Waals surface area contributed by atoms with E-state index in [1.165, 1.54) is 9.75 Å². The summed E-state index contributed by atoms with van der Waals surface area (Å²) < 4.78 is 5.30. The highest BCUT2D eigenvalue weighted by atomic mass is 32.1. The second-order valence-corrected chi connectivity index (χ2v) is 7.94. The van der Waals surface area contributed by atoms with Crippen molar-refractivity contribution in [2.75, 3.05) is 0 Å². The average Bonchev–Trinajstić information content (AvgIpc) is 3.39. The van der Waals surface area contributed by atoms with Crippen LogP contribution in [0.5, 0.6) is 0 Å². The maximum Gasteiger partial charge on any atom is 0.279 e. The molecule has 0 bridgehead atoms. The summed E-state index contributed by atoms with van der Waals surface area (Å²) in [5.41, 5.74) is 2.70. The summed E-state index contributed by atoms with van der Waals surface area (Å²) in [5.74, 6) is 1.07. The zero-order valence-electron chi connectivity index (χ0n) is 13.4. The molecule has 0 saturated carbocycles. The third-order valence-corrected chi connectivity index (χ3v) is 6.62. The molecule has 25 heavy (non-hydrogen) atoms. The molecule has 0 amide bonds. The van der Waals surface area contributed by atoms with Crippen molar-refractivity contribution < 1.29 is 4.52 Å². The van der Waals surface area contributed by atoms with Crippen LogP contribution in [0.15, 0.2) is 45.6 Å². The highest BCUT2D eigenvalue weighted by Crippen LogP contribution is 2.45. The molecule has 5 nitrogen and oxygen atoms in total. The number of fused-ring (bicyclic) bond motifs is 1. The Morgan fingerprint density at radius 3 is 2.52 bits per heavy atom. The SMILES string of the molecule is Cc1noc(-c2n[nH]c3c2C=CC(c2cccs2)(c2cccs2)C3)n1. The van der Waals surface area contributed by atoms with Gasteiger partial charge in [-0.3, -0.25) is 5.10 Å². The van der Waals surface area contributed by atoms with Gasteiger partial charge in [-0.15, -0.1) is 22.7 Å². The van der Waals surface area contributed by atoms with Crippen LogP contribution < -0.4 is 0 Å². The van der Waals surface area contributed by atoms with Crippen LogP contribution in [0.2, 0.25) is 0 Å². The first-order chi connectivity index (χ1) is 12.3. The predicted molar refractivity (Wildman–Crippen MR) is 98.8 cm³/mol. The van der Waals surface area contributed by atoms with Crippen LogP contribution in [0.3, 0.4) is 0 Å². The predicted octanol–water partition coefficient (Wildman–Crippen LogP) is 4.45. The van der Waals surface area contributed by atoms with Gasteiger partial charge in [-0.1, -0.05) is 29.4 Å². The Labute approximate surface area is 152 Å². The molecule has 0 radical (unpaired) electrons. The van der Waals surface area contributed by atoms with E-state index in [-0.39, 0.29) is 5.41 Å². The summed E-state index contributed by atoms with van der Waals surface area (Å²) in [4.78, 5) is 6.98. The van der Waals surface area contributed by atoms with Crippen LogP contribution in [-0.4, -0.2) is 20.3 Å². The van der Waals surface area contributed by atoms with Gasteiger partial charge < -0.3 is 4.52 Å². The fraction of sp³-hybridized carbons (Fsp3) is 0.167. The van der Waals surface area contributed by atoms with Crippen molar-refractivity contribution in [1.82, 2.24) is 20.3 Å². The normalized spacial score (nSPS) is 15.4. The molecular weight excluding hydrogens is 352 g/mol. The van der Waals surface area contributed by atoms with Gasteiger partial charge in [-0.25, -0.2) is 0 Å². The first-order valence-corrected chi connectivity index (χ1v) is 9.67. The van der Waals surface area contributed by atoms with E-state index in [4.69, 9.17) is 4.52 Å². The molecule has 1 aliphatic rings. The van der Waals surface area contributed by atoms with Crippen molar-refractivity contribution in [3.63, 3.8) is 0 Å². The smallest absolute Gasteiger partial charge is 0.279 e. The minimum absolute atomic E-state index is 0.149. The second-order valence-electron chi connectivity index (χ2n) is 6.05. The van der Waals surface area contributed by atoms with Gasteiger partial charge in [-0.05, 0) is 29.8 Å². The van der Waals surface area contributed by atoms with Crippen LogP contribution in [0.1, 0.15) is 26.8 Å². The number of nitrogens with zero attached hydrogens (tertiary/aromatic N) is 3. The van der Waals surface area contributed by atoms with E-state index in [2.05, 4.69) is 67.5 Å². The molecule has 0 fully saturated rings. The first kappa shape index (κ1) is 14.8. The van der Waals surface area contributed by atoms with Gasteiger partial charge in [0, 0.05) is 27.4 Å². The molecule has 5 rings (SSSR count). The molecule has 0 atom stereocenters. The number of thiophene rings is 2. The van der Waals surface area contributed by atoms with E-state index < -0.39 is 0 Å². The Morgan fingerprint density at radius 2 is 1.92 bits per heavy atom. The van der Waals surface area contributed by atoms with Crippen LogP contribution in [0.25, 0.3) is 17.7 Å². The summed E-state index contributed by atoms with van der Waals surface area (Å²) in [6.45, 7) is 1.81. The van der Waals surface area contributed by atoms with Crippen LogP contribution in [0, 0.1) is 6.92 Å². The second kappa shape index (κ2) is 5.50. The minimum atomic E-state index is -0.149. The van der Waals surface area contributed by atoms with Crippen LogP contribution in [-0.2, 0) is 11.8 Å². The third-order valence-electron chi connectivity index (χ3n) is 4.52. The molecule has 0 saturated heterocycles. The zero-order chi connectivity index (χ0) is 16.9. The number of aryl methyl sites for hydroxylation is 1. The molecule has 0 aliphatic heterocycles.